The van der Waals surface area contributed by atoms with E-state index < -0.39 is 0 Å². The van der Waals surface area contributed by atoms with E-state index in [-0.39, 0.29) is 6.04 Å². The molecule has 0 spiro atoms. The van der Waals surface area contributed by atoms with Crippen LogP contribution in [0.25, 0.3) is 0 Å². The molecule has 0 fully saturated rings. The smallest absolute Gasteiger partial charge is 0.191 e. The van der Waals surface area contributed by atoms with Crippen LogP contribution in [0.1, 0.15) is 42.8 Å². The summed E-state index contributed by atoms with van der Waals surface area (Å²) in [6.07, 6.45) is 1.98. The van der Waals surface area contributed by atoms with Gasteiger partial charge in [0, 0.05) is 38.4 Å². The molecule has 1 aromatic carbocycles. The van der Waals surface area contributed by atoms with Crippen LogP contribution in [0, 0.1) is 13.8 Å². The van der Waals surface area contributed by atoms with Crippen molar-refractivity contribution in [2.24, 2.45) is 12.0 Å². The first-order chi connectivity index (χ1) is 13.9. The highest BCUT2D eigenvalue weighted by Gasteiger charge is 2.14. The second-order valence-electron chi connectivity index (χ2n) is 7.86. The summed E-state index contributed by atoms with van der Waals surface area (Å²) < 4.78 is 1.96. The van der Waals surface area contributed by atoms with Crippen molar-refractivity contribution in [3.63, 3.8) is 0 Å². The molecular weight excluding hydrogens is 360 g/mol. The van der Waals surface area contributed by atoms with Crippen LogP contribution in [-0.2, 0) is 20.0 Å². The molecule has 0 amide bonds. The number of aromatic nitrogens is 2. The molecule has 6 heteroatoms. The van der Waals surface area contributed by atoms with Crippen molar-refractivity contribution in [1.82, 2.24) is 25.3 Å². The maximum Gasteiger partial charge on any atom is 0.191 e. The van der Waals surface area contributed by atoms with Gasteiger partial charge < -0.3 is 15.5 Å². The van der Waals surface area contributed by atoms with Gasteiger partial charge in [0.1, 0.15) is 0 Å². The lowest BCUT2D eigenvalue weighted by Crippen LogP contribution is -2.43. The van der Waals surface area contributed by atoms with E-state index in [1.54, 1.807) is 0 Å². The van der Waals surface area contributed by atoms with E-state index in [2.05, 4.69) is 85.7 Å². The summed E-state index contributed by atoms with van der Waals surface area (Å²) in [6, 6.07) is 10.9. The lowest BCUT2D eigenvalue weighted by Gasteiger charge is -2.19. The van der Waals surface area contributed by atoms with Crippen LogP contribution in [0.3, 0.4) is 0 Å². The zero-order valence-corrected chi connectivity index (χ0v) is 19.0. The van der Waals surface area contributed by atoms with Gasteiger partial charge in [0.05, 0.1) is 5.69 Å². The molecule has 29 heavy (non-hydrogen) atoms. The van der Waals surface area contributed by atoms with E-state index in [1.165, 1.54) is 16.8 Å². The monoisotopic (exact) mass is 398 g/mol. The summed E-state index contributed by atoms with van der Waals surface area (Å²) in [5.41, 5.74) is 5.02. The fraction of sp³-hybridized carbons (Fsp3) is 0.565. The van der Waals surface area contributed by atoms with Crippen LogP contribution in [0.5, 0.6) is 0 Å². The van der Waals surface area contributed by atoms with Crippen LogP contribution < -0.4 is 10.6 Å². The van der Waals surface area contributed by atoms with Crippen molar-refractivity contribution in [3.05, 3.63) is 52.8 Å². The number of hydrogen-bond acceptors (Lipinski definition) is 3. The van der Waals surface area contributed by atoms with Crippen molar-refractivity contribution in [2.75, 3.05) is 26.7 Å². The summed E-state index contributed by atoms with van der Waals surface area (Å²) in [6.45, 7) is 12.2. The summed E-state index contributed by atoms with van der Waals surface area (Å²) >= 11 is 0. The number of aliphatic imine (C=N–C) groups is 1. The molecule has 1 heterocycles. The fourth-order valence-corrected chi connectivity index (χ4v) is 3.53. The van der Waals surface area contributed by atoms with Gasteiger partial charge in [-0.3, -0.25) is 9.67 Å². The lowest BCUT2D eigenvalue weighted by molar-refractivity contribution is 0.324. The largest absolute Gasteiger partial charge is 0.357 e. The van der Waals surface area contributed by atoms with Gasteiger partial charge in [-0.25, -0.2) is 0 Å². The molecule has 2 N–H and O–H groups in total. The molecule has 0 bridgehead atoms. The van der Waals surface area contributed by atoms with Gasteiger partial charge in [0.2, 0.25) is 0 Å². The molecule has 2 rings (SSSR count). The quantitative estimate of drug-likeness (QED) is 0.367. The highest BCUT2D eigenvalue weighted by molar-refractivity contribution is 5.80. The van der Waals surface area contributed by atoms with Gasteiger partial charge in [-0.2, -0.15) is 5.10 Å². The standard InChI is InChI=1S/C23H38N6/c1-7-24-23(26-18(2)16-22-19(3)27-29(6)20(22)4)25-14-11-15-28(5)17-21-12-9-8-10-13-21/h8-10,12-13,18H,7,11,14-17H2,1-6H3,(H2,24,25,26). The van der Waals surface area contributed by atoms with Gasteiger partial charge >= 0.3 is 0 Å². The van der Waals surface area contributed by atoms with E-state index in [4.69, 9.17) is 4.99 Å². The third-order valence-electron chi connectivity index (χ3n) is 5.16. The Balaban J connectivity index is 1.80. The topological polar surface area (TPSA) is 57.5 Å². The number of aryl methyl sites for hydroxylation is 2. The second-order valence-corrected chi connectivity index (χ2v) is 7.86. The van der Waals surface area contributed by atoms with Gasteiger partial charge in [0.25, 0.3) is 0 Å². The molecule has 1 aromatic heterocycles. The van der Waals surface area contributed by atoms with Crippen LogP contribution in [0.2, 0.25) is 0 Å². The zero-order valence-electron chi connectivity index (χ0n) is 19.0. The third-order valence-corrected chi connectivity index (χ3v) is 5.16. The molecule has 6 nitrogen and oxygen atoms in total. The highest BCUT2D eigenvalue weighted by atomic mass is 15.3. The summed E-state index contributed by atoms with van der Waals surface area (Å²) in [4.78, 5) is 7.12. The summed E-state index contributed by atoms with van der Waals surface area (Å²) in [7, 11) is 4.17. The van der Waals surface area contributed by atoms with Crippen molar-refractivity contribution in [3.8, 4) is 0 Å². The average Bonchev–Trinajstić information content (AvgIpc) is 2.92. The Hall–Kier alpha value is -2.34. The Labute approximate surface area is 176 Å². The van der Waals surface area contributed by atoms with Crippen molar-refractivity contribution < 1.29 is 0 Å². The summed E-state index contributed by atoms with van der Waals surface area (Å²) in [5.74, 6) is 0.893. The molecule has 0 aliphatic carbocycles. The van der Waals surface area contributed by atoms with Crippen LogP contribution in [-0.4, -0.2) is 53.4 Å². The molecule has 1 atom stereocenters. The molecule has 0 radical (unpaired) electrons. The Bertz CT molecular complexity index is 765. The van der Waals surface area contributed by atoms with Crippen LogP contribution in [0.15, 0.2) is 35.3 Å². The van der Waals surface area contributed by atoms with E-state index >= 15 is 0 Å². The van der Waals surface area contributed by atoms with E-state index in [0.29, 0.717) is 0 Å². The Morgan fingerprint density at radius 3 is 2.59 bits per heavy atom. The summed E-state index contributed by atoms with van der Waals surface area (Å²) in [5, 5.41) is 11.4. The maximum absolute atomic E-state index is 4.77. The highest BCUT2D eigenvalue weighted by Crippen LogP contribution is 2.14. The van der Waals surface area contributed by atoms with Crippen LogP contribution >= 0.6 is 0 Å². The minimum atomic E-state index is 0.287. The minimum absolute atomic E-state index is 0.287. The Morgan fingerprint density at radius 1 is 1.24 bits per heavy atom. The van der Waals surface area contributed by atoms with Gasteiger partial charge in [-0.05, 0) is 65.3 Å². The first-order valence-corrected chi connectivity index (χ1v) is 10.7. The predicted molar refractivity (Wildman–Crippen MR) is 122 cm³/mol. The third kappa shape index (κ3) is 7.54. The molecule has 0 saturated heterocycles. The number of benzene rings is 1. The average molecular weight is 399 g/mol. The number of nitrogens with one attached hydrogen (secondary N) is 2. The maximum atomic E-state index is 4.77. The zero-order chi connectivity index (χ0) is 21.2. The number of hydrogen-bond donors (Lipinski definition) is 2. The first kappa shape index (κ1) is 22.9. The predicted octanol–water partition coefficient (Wildman–Crippen LogP) is 3.05. The van der Waals surface area contributed by atoms with Gasteiger partial charge in [-0.1, -0.05) is 30.3 Å². The molecule has 2 aromatic rings. The lowest BCUT2D eigenvalue weighted by atomic mass is 10.1. The van der Waals surface area contributed by atoms with Crippen LogP contribution in [0.4, 0.5) is 0 Å². The molecule has 1 unspecified atom stereocenters. The number of guanidine groups is 1. The SMILES string of the molecule is CCNC(=NCCCN(C)Cc1ccccc1)NC(C)Cc1c(C)nn(C)c1C. The first-order valence-electron chi connectivity index (χ1n) is 10.7. The van der Waals surface area contributed by atoms with Gasteiger partial charge in [-0.15, -0.1) is 0 Å². The van der Waals surface area contributed by atoms with Crippen molar-refractivity contribution >= 4 is 5.96 Å². The van der Waals surface area contributed by atoms with Crippen molar-refractivity contribution in [1.29, 1.82) is 0 Å². The van der Waals surface area contributed by atoms with E-state index in [1.807, 2.05) is 11.7 Å². The fourth-order valence-electron chi connectivity index (χ4n) is 3.53. The van der Waals surface area contributed by atoms with Crippen molar-refractivity contribution in [2.45, 2.75) is 53.1 Å². The second kappa shape index (κ2) is 11.6. The molecule has 0 saturated carbocycles. The van der Waals surface area contributed by atoms with Gasteiger partial charge in [0.15, 0.2) is 5.96 Å². The molecule has 0 aliphatic heterocycles. The Morgan fingerprint density at radius 2 is 1.97 bits per heavy atom. The Kier molecular flexibility index (Phi) is 9.19. The minimum Gasteiger partial charge on any atom is -0.357 e. The number of rotatable bonds is 10. The molecule has 0 aliphatic rings. The van der Waals surface area contributed by atoms with E-state index in [0.717, 1.165) is 50.7 Å². The normalized spacial score (nSPS) is 13.0. The molecular formula is C23H38N6. The molecule has 160 valence electrons. The number of nitrogens with zero attached hydrogens (tertiary/aromatic N) is 4. The van der Waals surface area contributed by atoms with E-state index in [9.17, 15) is 0 Å².